The number of hydrogen-bond donors (Lipinski definition) is 16. The van der Waals surface area contributed by atoms with E-state index < -0.39 is 0 Å². The van der Waals surface area contributed by atoms with Crippen molar-refractivity contribution in [3.05, 3.63) is 0 Å². The van der Waals surface area contributed by atoms with Crippen molar-refractivity contribution in [1.82, 2.24) is 76.4 Å². The Kier molecular flexibility index (Phi) is 91.6. The summed E-state index contributed by atoms with van der Waals surface area (Å²) < 4.78 is 42.0. The van der Waals surface area contributed by atoms with Crippen LogP contribution in [0.4, 0.5) is 0 Å². The van der Waals surface area contributed by atoms with Crippen LogP contribution in [-0.4, -0.2) is 460 Å². The van der Waals surface area contributed by atoms with Gasteiger partial charge in [-0.3, -0.25) is 81.6 Å². The molecule has 0 unspecified atom stereocenters. The van der Waals surface area contributed by atoms with E-state index in [1.165, 1.54) is 64.0 Å². The number of nitrogens with zero attached hydrogens (tertiary/aromatic N) is 8. The zero-order chi connectivity index (χ0) is 98.1. The van der Waals surface area contributed by atoms with Crippen molar-refractivity contribution in [3.63, 3.8) is 0 Å². The molecule has 1 heterocycles. The second kappa shape index (κ2) is 92.1. The topological polar surface area (TPSA) is 700 Å². The van der Waals surface area contributed by atoms with Crippen LogP contribution in [0.5, 0.6) is 0 Å². The Bertz CT molecular complexity index is 2760. The summed E-state index contributed by atoms with van der Waals surface area (Å²) in [4.78, 5) is 202. The predicted molar refractivity (Wildman–Crippen MR) is 481 cm³/mol. The summed E-state index contributed by atoms with van der Waals surface area (Å²) in [5, 5.41) is 19.2. The van der Waals surface area contributed by atoms with E-state index >= 15 is 0 Å². The van der Waals surface area contributed by atoms with Crippen molar-refractivity contribution < 1.29 is 119 Å². The molecule has 0 aromatic heterocycles. The molecular formula is C80H162N24O25. The zero-order valence-electron chi connectivity index (χ0n) is 78.4. The molecule has 0 aromatic carbocycles. The molecule has 25 N–H and O–H groups in total. The number of amides is 7. The monoisotopic (exact) mass is 1860 g/mol. The lowest BCUT2D eigenvalue weighted by Crippen LogP contribution is -2.44. The summed E-state index contributed by atoms with van der Waals surface area (Å²) in [5.74, 6) is -3.76. The van der Waals surface area contributed by atoms with Gasteiger partial charge in [0, 0.05) is 294 Å². The van der Waals surface area contributed by atoms with E-state index in [4.69, 9.17) is 51.6 Å². The molecule has 0 radical (unpaired) electrons. The van der Waals surface area contributed by atoms with Crippen molar-refractivity contribution in [2.75, 3.05) is 326 Å². The number of hydrogen-bond acceptors (Lipinski definition) is 42. The van der Waals surface area contributed by atoms with Gasteiger partial charge in [0.25, 0.3) is 0 Å². The Morgan fingerprint density at radius 1 is 0.256 bits per heavy atom. The molecule has 0 aromatic rings. The Balaban J connectivity index is -0.000000516. The SMILES string of the molecule is COC(=O)CCN(CCC(=O)NCCN)CCN(CCC(=O)OC)CCC(=O)OC.COC(=O)CCN(CCC(=O)OC)CCN(CCC(=O)OC)CCC(=O)OC.COC(=O)CCN(CCC(=O)OC)CCN1CCC(=O)NCCNC(=O)CC1.NCCN.NCCN.NCCNC(=O)CCN(CCC(=O)NCCN)CCN(CCC(=O)NCCN)CC(=O)NCCN. The lowest BCUT2D eigenvalue weighted by molar-refractivity contribution is -0.143. The normalized spacial score (nSPS) is 11.9. The van der Waals surface area contributed by atoms with Gasteiger partial charge in [0.15, 0.2) is 0 Å². The number of ether oxygens (including phenoxy) is 9. The van der Waals surface area contributed by atoms with Crippen LogP contribution in [-0.2, 0) is 119 Å². The van der Waals surface area contributed by atoms with Gasteiger partial charge in [0.1, 0.15) is 0 Å². The van der Waals surface area contributed by atoms with E-state index in [0.29, 0.717) is 268 Å². The van der Waals surface area contributed by atoms with Crippen LogP contribution in [0.2, 0.25) is 0 Å². The fourth-order valence-corrected chi connectivity index (χ4v) is 10.7. The number of nitrogens with one attached hydrogen (secondary N) is 7. The van der Waals surface area contributed by atoms with Crippen LogP contribution in [0.15, 0.2) is 0 Å². The zero-order valence-corrected chi connectivity index (χ0v) is 78.4. The Morgan fingerprint density at radius 3 is 0.628 bits per heavy atom. The average Bonchev–Trinajstić information content (AvgIpc) is 1.93. The van der Waals surface area contributed by atoms with Crippen molar-refractivity contribution in [2.24, 2.45) is 51.6 Å². The first-order valence-electron chi connectivity index (χ1n) is 43.4. The molecular weight excluding hydrogens is 1700 g/mol. The summed E-state index contributed by atoms with van der Waals surface area (Å²) in [6, 6.07) is 0. The Morgan fingerprint density at radius 2 is 0.434 bits per heavy atom. The van der Waals surface area contributed by atoms with Crippen LogP contribution >= 0.6 is 0 Å². The van der Waals surface area contributed by atoms with Crippen LogP contribution in [0.25, 0.3) is 0 Å². The lowest BCUT2D eigenvalue weighted by atomic mass is 10.2. The summed E-state index contributed by atoms with van der Waals surface area (Å²) >= 11 is 0. The maximum atomic E-state index is 12.2. The standard InChI is InChI=1S/C21H46N10O4.C19H36N4O7.C18H32N4O6.C18H32N2O8.2C2H8N2/c22-4-8-26-18(32)1-12-30(13-2-19(33)27-9-5-23)15-16-31(17-21(35)29-11-7-25)14-3-20(34)28-10-6-24;1-28-17(25)5-11-22(10-4-16(24)21-9-8-20)14-15-23(12-6-18(26)29-2)13-7-19(27)30-3;1-27-17(25)5-11-22(12-6-18(26)28-2)14-13-21-9-3-15(23)19-7-8-20-16(24)4-10-21;1-25-15(21)5-9-19(10-6-16(22)26-2)13-14-20(11-7-17(23)27-3)12-8-18(24)28-4;2*3-1-2-4/h1-17,22-25H2,(H,26,32)(H,27,33)(H,28,34)(H,29,35);4-15,20H2,1-3H3,(H,21,24);3-14H2,1-2H3,(H,19,23)(H,20,24);5-14H2,1-4H3;2*1-4H2. The molecule has 0 bridgehead atoms. The van der Waals surface area contributed by atoms with Crippen LogP contribution < -0.4 is 88.8 Å². The predicted octanol–water partition coefficient (Wildman–Crippen LogP) is -9.80. The summed E-state index contributed by atoms with van der Waals surface area (Å²) in [6.07, 6.45) is 3.54. The van der Waals surface area contributed by atoms with Crippen LogP contribution in [0, 0.1) is 0 Å². The highest BCUT2D eigenvalue weighted by Crippen LogP contribution is 2.08. The minimum Gasteiger partial charge on any atom is -0.469 e. The van der Waals surface area contributed by atoms with E-state index in [2.05, 4.69) is 79.8 Å². The van der Waals surface area contributed by atoms with Gasteiger partial charge in [-0.2, -0.15) is 0 Å². The fourth-order valence-electron chi connectivity index (χ4n) is 10.7. The van der Waals surface area contributed by atoms with Crippen LogP contribution in [0.1, 0.15) is 96.3 Å². The van der Waals surface area contributed by atoms with Crippen molar-refractivity contribution in [1.29, 1.82) is 0 Å². The van der Waals surface area contributed by atoms with E-state index in [9.17, 15) is 76.7 Å². The summed E-state index contributed by atoms with van der Waals surface area (Å²) in [6.45, 7) is 18.1. The van der Waals surface area contributed by atoms with Crippen molar-refractivity contribution in [3.8, 4) is 0 Å². The molecule has 0 spiro atoms. The number of nitrogens with two attached hydrogens (primary N) is 9. The molecule has 0 atom stereocenters. The van der Waals surface area contributed by atoms with Gasteiger partial charge in [-0.25, -0.2) is 0 Å². The second-order valence-corrected chi connectivity index (χ2v) is 28.2. The van der Waals surface area contributed by atoms with E-state index in [1.54, 1.807) is 0 Å². The molecule has 49 nitrogen and oxygen atoms in total. The van der Waals surface area contributed by atoms with Gasteiger partial charge < -0.3 is 166 Å². The molecule has 1 rings (SSSR count). The number of esters is 9. The third-order valence-corrected chi connectivity index (χ3v) is 18.4. The summed E-state index contributed by atoms with van der Waals surface area (Å²) in [5.41, 5.74) is 46.7. The Hall–Kier alpha value is -9.16. The number of carbonyl (C=O) groups excluding carboxylic acids is 16. The quantitative estimate of drug-likeness (QED) is 0.0199. The maximum Gasteiger partial charge on any atom is 0.306 e. The molecule has 752 valence electrons. The van der Waals surface area contributed by atoms with Gasteiger partial charge in [-0.1, -0.05) is 0 Å². The molecule has 49 heteroatoms. The molecule has 1 saturated heterocycles. The third kappa shape index (κ3) is 86.6. The minimum atomic E-state index is -0.337. The number of methoxy groups -OCH3 is 9. The van der Waals surface area contributed by atoms with Crippen LogP contribution in [0.3, 0.4) is 0 Å². The van der Waals surface area contributed by atoms with Crippen molar-refractivity contribution >= 4 is 95.1 Å². The lowest BCUT2D eigenvalue weighted by Gasteiger charge is -2.27. The molecule has 1 aliphatic rings. The molecule has 129 heavy (non-hydrogen) atoms. The smallest absolute Gasteiger partial charge is 0.306 e. The molecule has 1 aliphatic heterocycles. The Labute approximate surface area is 761 Å². The second-order valence-electron chi connectivity index (χ2n) is 28.2. The first kappa shape index (κ1) is 128. The van der Waals surface area contributed by atoms with E-state index in [1.807, 2.05) is 39.2 Å². The molecule has 1 fully saturated rings. The highest BCUT2D eigenvalue weighted by atomic mass is 16.6. The maximum absolute atomic E-state index is 12.2. The van der Waals surface area contributed by atoms with E-state index in [-0.39, 0.29) is 185 Å². The van der Waals surface area contributed by atoms with E-state index in [0.717, 1.165) is 0 Å². The van der Waals surface area contributed by atoms with Gasteiger partial charge in [0.05, 0.1) is 128 Å². The third-order valence-electron chi connectivity index (χ3n) is 18.4. The van der Waals surface area contributed by atoms with Gasteiger partial charge in [-0.05, 0) is 0 Å². The number of carbonyl (C=O) groups is 16. The fraction of sp³-hybridized carbons (Fsp3) is 0.800. The highest BCUT2D eigenvalue weighted by Gasteiger charge is 2.22. The van der Waals surface area contributed by atoms with Gasteiger partial charge >= 0.3 is 53.7 Å². The van der Waals surface area contributed by atoms with Crippen molar-refractivity contribution in [2.45, 2.75) is 96.3 Å². The summed E-state index contributed by atoms with van der Waals surface area (Å²) in [7, 11) is 11.9. The minimum absolute atomic E-state index is 0.0469. The average molecular weight is 1860 g/mol. The number of rotatable bonds is 65. The highest BCUT2D eigenvalue weighted by molar-refractivity contribution is 5.80. The largest absolute Gasteiger partial charge is 0.469 e. The van der Waals surface area contributed by atoms with Gasteiger partial charge in [-0.15, -0.1) is 0 Å². The molecule has 7 amide bonds. The first-order chi connectivity index (χ1) is 61.8. The van der Waals surface area contributed by atoms with Gasteiger partial charge in [0.2, 0.25) is 41.4 Å². The first-order valence-corrected chi connectivity index (χ1v) is 43.4. The molecule has 0 aliphatic carbocycles. The molecule has 0 saturated carbocycles.